The number of hydrogen-bond acceptors (Lipinski definition) is 4. The van der Waals surface area contributed by atoms with Crippen molar-refractivity contribution in [3.05, 3.63) is 90.8 Å². The molecule has 6 heteroatoms. The van der Waals surface area contributed by atoms with E-state index >= 15 is 0 Å². The molecule has 0 bridgehead atoms. The van der Waals surface area contributed by atoms with Crippen LogP contribution in [0.4, 0.5) is 5.69 Å². The first-order valence-corrected chi connectivity index (χ1v) is 8.70. The Kier molecular flexibility index (Phi) is 4.60. The number of benzene rings is 2. The van der Waals surface area contributed by atoms with Crippen LogP contribution < -0.4 is 10.1 Å². The highest BCUT2D eigenvalue weighted by Gasteiger charge is 2.31. The van der Waals surface area contributed by atoms with Crippen molar-refractivity contribution < 1.29 is 14.3 Å². The molecule has 1 aromatic heterocycles. The molecule has 2 amide bonds. The number of pyridine rings is 1. The molecule has 3 aromatic rings. The van der Waals surface area contributed by atoms with E-state index < -0.39 is 0 Å². The molecule has 4 rings (SSSR count). The molecule has 0 radical (unpaired) electrons. The van der Waals surface area contributed by atoms with Crippen molar-refractivity contribution in [2.24, 2.45) is 0 Å². The highest BCUT2D eigenvalue weighted by atomic mass is 16.5. The summed E-state index contributed by atoms with van der Waals surface area (Å²) in [4.78, 5) is 30.2. The summed E-state index contributed by atoms with van der Waals surface area (Å²) in [5.41, 5.74) is 2.48. The topological polar surface area (TPSA) is 71.5 Å². The van der Waals surface area contributed by atoms with Crippen molar-refractivity contribution in [3.63, 3.8) is 0 Å². The second-order valence-corrected chi connectivity index (χ2v) is 6.24. The number of aromatic nitrogens is 1. The third-order valence-corrected chi connectivity index (χ3v) is 4.36. The van der Waals surface area contributed by atoms with Crippen LogP contribution in [0.5, 0.6) is 11.5 Å². The number of nitrogens with one attached hydrogen (secondary N) is 1. The minimum Gasteiger partial charge on any atom is -0.457 e. The van der Waals surface area contributed by atoms with Crippen LogP contribution >= 0.6 is 0 Å². The SMILES string of the molecule is C=C1c2ccccc2C(=O)N1CC(=O)Nc1ccc(Oc2ccncc2)cc1. The molecular weight excluding hydrogens is 354 g/mol. The normalized spacial score (nSPS) is 12.6. The van der Waals surface area contributed by atoms with Gasteiger partial charge in [-0.3, -0.25) is 19.5 Å². The number of anilines is 1. The van der Waals surface area contributed by atoms with Crippen LogP contribution in [0.2, 0.25) is 0 Å². The van der Waals surface area contributed by atoms with Gasteiger partial charge < -0.3 is 10.1 Å². The van der Waals surface area contributed by atoms with Crippen molar-refractivity contribution in [1.82, 2.24) is 9.88 Å². The highest BCUT2D eigenvalue weighted by Crippen LogP contribution is 2.31. The number of nitrogens with zero attached hydrogens (tertiary/aromatic N) is 2. The Balaban J connectivity index is 1.38. The van der Waals surface area contributed by atoms with Gasteiger partial charge in [-0.2, -0.15) is 0 Å². The number of hydrogen-bond donors (Lipinski definition) is 1. The van der Waals surface area contributed by atoms with E-state index in [2.05, 4.69) is 16.9 Å². The van der Waals surface area contributed by atoms with E-state index in [4.69, 9.17) is 4.74 Å². The fourth-order valence-corrected chi connectivity index (χ4v) is 2.99. The molecule has 0 atom stereocenters. The van der Waals surface area contributed by atoms with Crippen LogP contribution in [0, 0.1) is 0 Å². The van der Waals surface area contributed by atoms with E-state index in [1.54, 1.807) is 60.9 Å². The number of amides is 2. The van der Waals surface area contributed by atoms with Gasteiger partial charge in [-0.05, 0) is 42.5 Å². The molecule has 0 spiro atoms. The average molecular weight is 371 g/mol. The fourth-order valence-electron chi connectivity index (χ4n) is 2.99. The molecule has 0 aliphatic carbocycles. The fraction of sp³-hybridized carbons (Fsp3) is 0.0455. The Labute approximate surface area is 162 Å². The van der Waals surface area contributed by atoms with Crippen LogP contribution in [0.25, 0.3) is 5.70 Å². The number of ether oxygens (including phenoxy) is 1. The Morgan fingerprint density at radius 1 is 0.964 bits per heavy atom. The molecule has 2 heterocycles. The summed E-state index contributed by atoms with van der Waals surface area (Å²) in [6, 6.07) is 17.7. The maximum Gasteiger partial charge on any atom is 0.259 e. The predicted molar refractivity (Wildman–Crippen MR) is 106 cm³/mol. The number of carbonyl (C=O) groups is 2. The zero-order valence-corrected chi connectivity index (χ0v) is 15.0. The minimum absolute atomic E-state index is 0.0956. The van der Waals surface area contributed by atoms with E-state index in [1.165, 1.54) is 4.90 Å². The van der Waals surface area contributed by atoms with Crippen molar-refractivity contribution in [2.75, 3.05) is 11.9 Å². The van der Waals surface area contributed by atoms with Crippen molar-refractivity contribution >= 4 is 23.2 Å². The van der Waals surface area contributed by atoms with E-state index in [0.29, 0.717) is 28.4 Å². The number of rotatable bonds is 5. The van der Waals surface area contributed by atoms with E-state index in [-0.39, 0.29) is 18.4 Å². The van der Waals surface area contributed by atoms with E-state index in [0.717, 1.165) is 5.56 Å². The van der Waals surface area contributed by atoms with Gasteiger partial charge in [0, 0.05) is 34.9 Å². The first kappa shape index (κ1) is 17.5. The van der Waals surface area contributed by atoms with Crippen LogP contribution in [-0.4, -0.2) is 28.2 Å². The molecule has 0 unspecified atom stereocenters. The van der Waals surface area contributed by atoms with E-state index in [1.807, 2.05) is 12.1 Å². The summed E-state index contributed by atoms with van der Waals surface area (Å²) >= 11 is 0. The zero-order chi connectivity index (χ0) is 19.5. The molecule has 2 aromatic carbocycles. The maximum atomic E-state index is 12.5. The quantitative estimate of drug-likeness (QED) is 0.737. The summed E-state index contributed by atoms with van der Waals surface area (Å²) < 4.78 is 5.69. The molecule has 0 saturated carbocycles. The highest BCUT2D eigenvalue weighted by molar-refractivity contribution is 6.11. The summed E-state index contributed by atoms with van der Waals surface area (Å²) in [5.74, 6) is 0.808. The van der Waals surface area contributed by atoms with Crippen LogP contribution in [0.15, 0.2) is 79.6 Å². The lowest BCUT2D eigenvalue weighted by atomic mass is 10.1. The standard InChI is InChI=1S/C22H17N3O3/c1-15-19-4-2-3-5-20(19)22(27)25(15)14-21(26)24-16-6-8-17(9-7-16)28-18-10-12-23-13-11-18/h2-13H,1,14H2,(H,24,26). The summed E-state index contributed by atoms with van der Waals surface area (Å²) in [6.45, 7) is 3.85. The second-order valence-electron chi connectivity index (χ2n) is 6.24. The third-order valence-electron chi connectivity index (χ3n) is 4.36. The average Bonchev–Trinajstić information content (AvgIpc) is 2.95. The summed E-state index contributed by atoms with van der Waals surface area (Å²) in [7, 11) is 0. The Bertz CT molecular complexity index is 1010. The lowest BCUT2D eigenvalue weighted by molar-refractivity contribution is -0.116. The van der Waals surface area contributed by atoms with E-state index in [9.17, 15) is 9.59 Å². The Morgan fingerprint density at radius 3 is 2.29 bits per heavy atom. The molecule has 0 fully saturated rings. The molecule has 1 aliphatic rings. The van der Waals surface area contributed by atoms with Gasteiger partial charge in [0.2, 0.25) is 5.91 Å². The molecule has 28 heavy (non-hydrogen) atoms. The smallest absolute Gasteiger partial charge is 0.259 e. The first-order chi connectivity index (χ1) is 13.6. The predicted octanol–water partition coefficient (Wildman–Crippen LogP) is 3.94. The summed E-state index contributed by atoms with van der Waals surface area (Å²) in [6.07, 6.45) is 3.30. The van der Waals surface area contributed by atoms with Crippen LogP contribution in [0.1, 0.15) is 15.9 Å². The Morgan fingerprint density at radius 2 is 1.61 bits per heavy atom. The van der Waals surface area contributed by atoms with Crippen molar-refractivity contribution in [1.29, 1.82) is 0 Å². The van der Waals surface area contributed by atoms with Gasteiger partial charge in [-0.15, -0.1) is 0 Å². The first-order valence-electron chi connectivity index (χ1n) is 8.70. The number of fused-ring (bicyclic) bond motifs is 1. The van der Waals surface area contributed by atoms with Crippen molar-refractivity contribution in [2.45, 2.75) is 0 Å². The van der Waals surface area contributed by atoms with Crippen LogP contribution in [-0.2, 0) is 4.79 Å². The van der Waals surface area contributed by atoms with Gasteiger partial charge in [0.05, 0.1) is 0 Å². The lowest BCUT2D eigenvalue weighted by Gasteiger charge is -2.17. The van der Waals surface area contributed by atoms with Crippen molar-refractivity contribution in [3.8, 4) is 11.5 Å². The maximum absolute atomic E-state index is 12.5. The molecule has 0 saturated heterocycles. The third kappa shape index (κ3) is 3.48. The summed E-state index contributed by atoms with van der Waals surface area (Å²) in [5, 5.41) is 2.79. The number of carbonyl (C=O) groups excluding carboxylic acids is 2. The monoisotopic (exact) mass is 371 g/mol. The lowest BCUT2D eigenvalue weighted by Crippen LogP contribution is -2.32. The minimum atomic E-state index is -0.301. The van der Waals surface area contributed by atoms with Gasteiger partial charge >= 0.3 is 0 Å². The molecule has 1 N–H and O–H groups in total. The molecule has 6 nitrogen and oxygen atoms in total. The van der Waals surface area contributed by atoms with Crippen LogP contribution in [0.3, 0.4) is 0 Å². The Hall–Kier alpha value is -3.93. The zero-order valence-electron chi connectivity index (χ0n) is 15.0. The second kappa shape index (κ2) is 7.36. The van der Waals surface area contributed by atoms with Gasteiger partial charge in [-0.1, -0.05) is 24.8 Å². The van der Waals surface area contributed by atoms with Gasteiger partial charge in [0.1, 0.15) is 18.0 Å². The largest absolute Gasteiger partial charge is 0.457 e. The van der Waals surface area contributed by atoms with Gasteiger partial charge in [-0.25, -0.2) is 0 Å². The molecule has 1 aliphatic heterocycles. The molecule has 138 valence electrons. The molecular formula is C22H17N3O3. The van der Waals surface area contributed by atoms with Gasteiger partial charge in [0.15, 0.2) is 0 Å². The van der Waals surface area contributed by atoms with Gasteiger partial charge in [0.25, 0.3) is 5.91 Å².